The van der Waals surface area contributed by atoms with E-state index >= 15 is 0 Å². The van der Waals surface area contributed by atoms with Gasteiger partial charge in [0.25, 0.3) is 0 Å². The van der Waals surface area contributed by atoms with Gasteiger partial charge in [0.2, 0.25) is 0 Å². The highest BCUT2D eigenvalue weighted by Crippen LogP contribution is 2.29. The molecule has 0 amide bonds. The first-order valence-corrected chi connectivity index (χ1v) is 6.95. The topological polar surface area (TPSA) is 89.7 Å². The summed E-state index contributed by atoms with van der Waals surface area (Å²) >= 11 is 1.35. The number of imidazole rings is 1. The molecule has 0 spiro atoms. The first-order chi connectivity index (χ1) is 9.76. The summed E-state index contributed by atoms with van der Waals surface area (Å²) in [6.07, 6.45) is 3.17. The van der Waals surface area contributed by atoms with E-state index in [4.69, 9.17) is 10.5 Å². The van der Waals surface area contributed by atoms with E-state index in [0.29, 0.717) is 17.5 Å². The largest absolute Gasteiger partial charge is 0.494 e. The number of anilines is 1. The second-order valence-electron chi connectivity index (χ2n) is 4.00. The zero-order chi connectivity index (χ0) is 13.9. The first-order valence-electron chi connectivity index (χ1n) is 6.13. The Balaban J connectivity index is 1.91. The van der Waals surface area contributed by atoms with Gasteiger partial charge >= 0.3 is 0 Å². The van der Waals surface area contributed by atoms with Gasteiger partial charge in [-0.3, -0.25) is 0 Å². The number of nitrogens with one attached hydrogen (secondary N) is 1. The Labute approximate surface area is 119 Å². The van der Waals surface area contributed by atoms with Gasteiger partial charge in [-0.1, -0.05) is 0 Å². The van der Waals surface area contributed by atoms with Crippen LogP contribution in [0.1, 0.15) is 6.92 Å². The number of hydrogen-bond donors (Lipinski definition) is 2. The van der Waals surface area contributed by atoms with E-state index in [9.17, 15) is 0 Å². The number of ether oxygens (including phenoxy) is 1. The van der Waals surface area contributed by atoms with E-state index in [1.165, 1.54) is 11.8 Å². The summed E-state index contributed by atoms with van der Waals surface area (Å²) in [5, 5.41) is 1.36. The fourth-order valence-electron chi connectivity index (χ4n) is 1.78. The Hall–Kier alpha value is -2.28. The van der Waals surface area contributed by atoms with Gasteiger partial charge in [0.15, 0.2) is 11.0 Å². The molecular formula is C13H13N5OS. The normalized spacial score (nSPS) is 10.8. The molecule has 2 heterocycles. The maximum Gasteiger partial charge on any atom is 0.172 e. The van der Waals surface area contributed by atoms with Crippen LogP contribution in [0, 0.1) is 0 Å². The molecule has 0 fully saturated rings. The number of hydrogen-bond acceptors (Lipinski definition) is 6. The lowest BCUT2D eigenvalue weighted by molar-refractivity contribution is 0.340. The maximum atomic E-state index is 5.77. The Morgan fingerprint density at radius 2 is 2.15 bits per heavy atom. The van der Waals surface area contributed by atoms with Crippen molar-refractivity contribution < 1.29 is 4.74 Å². The van der Waals surface area contributed by atoms with Gasteiger partial charge in [0, 0.05) is 18.5 Å². The predicted molar refractivity (Wildman–Crippen MR) is 77.8 cm³/mol. The minimum Gasteiger partial charge on any atom is -0.494 e. The highest BCUT2D eigenvalue weighted by molar-refractivity contribution is 7.99. The molecule has 0 aliphatic rings. The average molecular weight is 287 g/mol. The van der Waals surface area contributed by atoms with E-state index in [-0.39, 0.29) is 0 Å². The summed E-state index contributed by atoms with van der Waals surface area (Å²) in [5.41, 5.74) is 7.56. The fourth-order valence-corrected chi connectivity index (χ4v) is 2.54. The SMILES string of the molecule is CCOc1ccc2nc(Sc3nccnc3N)[nH]c2c1. The quantitative estimate of drug-likeness (QED) is 0.766. The molecule has 0 unspecified atom stereocenters. The smallest absolute Gasteiger partial charge is 0.172 e. The van der Waals surface area contributed by atoms with Crippen molar-refractivity contribution in [1.82, 2.24) is 19.9 Å². The number of nitrogen functional groups attached to an aromatic ring is 1. The van der Waals surface area contributed by atoms with E-state index < -0.39 is 0 Å². The first kappa shape index (κ1) is 12.7. The van der Waals surface area contributed by atoms with Crippen molar-refractivity contribution in [3.63, 3.8) is 0 Å². The van der Waals surface area contributed by atoms with Gasteiger partial charge in [0.1, 0.15) is 10.8 Å². The Bertz CT molecular complexity index is 742. The lowest BCUT2D eigenvalue weighted by Crippen LogP contribution is -1.94. The van der Waals surface area contributed by atoms with Crippen LogP contribution in [0.5, 0.6) is 5.75 Å². The second kappa shape index (κ2) is 5.38. The third kappa shape index (κ3) is 2.53. The number of benzene rings is 1. The van der Waals surface area contributed by atoms with Crippen molar-refractivity contribution in [3.8, 4) is 5.75 Å². The fraction of sp³-hybridized carbons (Fsp3) is 0.154. The molecule has 0 atom stereocenters. The van der Waals surface area contributed by atoms with Gasteiger partial charge in [-0.2, -0.15) is 0 Å². The summed E-state index contributed by atoms with van der Waals surface area (Å²) in [4.78, 5) is 15.9. The molecule has 3 aromatic rings. The Kier molecular flexibility index (Phi) is 3.42. The van der Waals surface area contributed by atoms with Crippen molar-refractivity contribution in [2.75, 3.05) is 12.3 Å². The van der Waals surface area contributed by atoms with Crippen LogP contribution >= 0.6 is 11.8 Å². The van der Waals surface area contributed by atoms with Gasteiger partial charge < -0.3 is 15.5 Å². The standard InChI is InChI=1S/C13H13N5OS/c1-2-19-8-3-4-9-10(7-8)18-13(17-9)20-12-11(14)15-5-6-16-12/h3-7H,2H2,1H3,(H2,14,15)(H,17,18). The summed E-state index contributed by atoms with van der Waals surface area (Å²) in [5.74, 6) is 1.21. The minimum atomic E-state index is 0.396. The zero-order valence-corrected chi connectivity index (χ0v) is 11.6. The molecule has 0 saturated heterocycles. The van der Waals surface area contributed by atoms with Gasteiger partial charge in [-0.05, 0) is 30.8 Å². The van der Waals surface area contributed by atoms with Crippen LogP contribution in [0.4, 0.5) is 5.82 Å². The third-order valence-electron chi connectivity index (χ3n) is 2.63. The monoisotopic (exact) mass is 287 g/mol. The van der Waals surface area contributed by atoms with Crippen LogP contribution < -0.4 is 10.5 Å². The molecule has 7 heteroatoms. The van der Waals surface area contributed by atoms with E-state index in [1.54, 1.807) is 12.4 Å². The molecule has 6 nitrogen and oxygen atoms in total. The minimum absolute atomic E-state index is 0.396. The lowest BCUT2D eigenvalue weighted by atomic mass is 10.3. The van der Waals surface area contributed by atoms with Crippen LogP contribution in [0.3, 0.4) is 0 Å². The Morgan fingerprint density at radius 1 is 1.30 bits per heavy atom. The van der Waals surface area contributed by atoms with Crippen LogP contribution in [0.15, 0.2) is 40.8 Å². The zero-order valence-electron chi connectivity index (χ0n) is 10.8. The molecule has 0 aliphatic heterocycles. The molecule has 3 rings (SSSR count). The molecule has 0 bridgehead atoms. The molecule has 0 aliphatic carbocycles. The van der Waals surface area contributed by atoms with Crippen molar-refractivity contribution in [3.05, 3.63) is 30.6 Å². The van der Waals surface area contributed by atoms with E-state index in [1.807, 2.05) is 25.1 Å². The van der Waals surface area contributed by atoms with Crippen LogP contribution in [-0.4, -0.2) is 26.5 Å². The average Bonchev–Trinajstić information content (AvgIpc) is 2.83. The molecule has 1 aromatic carbocycles. The van der Waals surface area contributed by atoms with Crippen LogP contribution in [-0.2, 0) is 0 Å². The van der Waals surface area contributed by atoms with Crippen molar-refractivity contribution in [2.24, 2.45) is 0 Å². The van der Waals surface area contributed by atoms with Gasteiger partial charge in [0.05, 0.1) is 17.6 Å². The Morgan fingerprint density at radius 3 is 2.95 bits per heavy atom. The third-order valence-corrected chi connectivity index (χ3v) is 3.52. The van der Waals surface area contributed by atoms with E-state index in [0.717, 1.165) is 21.9 Å². The summed E-state index contributed by atoms with van der Waals surface area (Å²) in [6, 6.07) is 5.74. The number of rotatable bonds is 4. The molecule has 20 heavy (non-hydrogen) atoms. The highest BCUT2D eigenvalue weighted by Gasteiger charge is 2.09. The number of nitrogens with two attached hydrogens (primary N) is 1. The van der Waals surface area contributed by atoms with E-state index in [2.05, 4.69) is 19.9 Å². The predicted octanol–water partition coefficient (Wildman–Crippen LogP) is 2.48. The van der Waals surface area contributed by atoms with Crippen LogP contribution in [0.25, 0.3) is 11.0 Å². The van der Waals surface area contributed by atoms with Crippen LogP contribution in [0.2, 0.25) is 0 Å². The molecular weight excluding hydrogens is 274 g/mol. The number of aromatic amines is 1. The van der Waals surface area contributed by atoms with Gasteiger partial charge in [-0.15, -0.1) is 0 Å². The summed E-state index contributed by atoms with van der Waals surface area (Å²) in [7, 11) is 0. The van der Waals surface area contributed by atoms with Crippen molar-refractivity contribution in [2.45, 2.75) is 17.1 Å². The molecule has 3 N–H and O–H groups in total. The molecule has 102 valence electrons. The highest BCUT2D eigenvalue weighted by atomic mass is 32.2. The van der Waals surface area contributed by atoms with Gasteiger partial charge in [-0.25, -0.2) is 15.0 Å². The number of fused-ring (bicyclic) bond motifs is 1. The summed E-state index contributed by atoms with van der Waals surface area (Å²) in [6.45, 7) is 2.59. The van der Waals surface area contributed by atoms with Crippen molar-refractivity contribution >= 4 is 28.6 Å². The molecule has 0 radical (unpaired) electrons. The number of aromatic nitrogens is 4. The number of nitrogens with zero attached hydrogens (tertiary/aromatic N) is 3. The van der Waals surface area contributed by atoms with Crippen molar-refractivity contribution in [1.29, 1.82) is 0 Å². The number of H-pyrrole nitrogens is 1. The maximum absolute atomic E-state index is 5.77. The summed E-state index contributed by atoms with van der Waals surface area (Å²) < 4.78 is 5.46. The lowest BCUT2D eigenvalue weighted by Gasteiger charge is -2.00. The molecule has 0 saturated carbocycles. The molecule has 2 aromatic heterocycles. The second-order valence-corrected chi connectivity index (χ2v) is 4.98.